The van der Waals surface area contributed by atoms with Crippen LogP contribution in [-0.2, 0) is 4.43 Å². The lowest BCUT2D eigenvalue weighted by molar-refractivity contribution is 0.514. The Morgan fingerprint density at radius 2 is 1.81 bits per heavy atom. The summed E-state index contributed by atoms with van der Waals surface area (Å²) in [4.78, 5) is 0. The molecule has 1 rings (SSSR count). The molecule has 0 aliphatic carbocycles. The second-order valence-electron chi connectivity index (χ2n) is 4.80. The first-order chi connectivity index (χ1) is 7.42. The molecule has 0 fully saturated rings. The zero-order valence-electron chi connectivity index (χ0n) is 10.4. The molecule has 0 radical (unpaired) electrons. The van der Waals surface area contributed by atoms with Crippen molar-refractivity contribution < 1.29 is 4.43 Å². The number of hydrogen-bond acceptors (Lipinski definition) is 1. The fraction of sp³-hybridized carbons (Fsp3) is 0.385. The molecular weight excluding hydrogens is 327 g/mol. The Morgan fingerprint density at radius 3 is 2.25 bits per heavy atom. The normalized spacial score (nSPS) is 12.7. The molecule has 0 unspecified atom stereocenters. The largest absolute Gasteiger partial charge is 0.544 e. The summed E-state index contributed by atoms with van der Waals surface area (Å²) in [5.41, 5.74) is 2.47. The van der Waals surface area contributed by atoms with E-state index in [1.807, 2.05) is 0 Å². The van der Waals surface area contributed by atoms with Crippen LogP contribution in [0, 0.1) is 6.92 Å². The summed E-state index contributed by atoms with van der Waals surface area (Å²) in [6.07, 6.45) is 2.16. The highest BCUT2D eigenvalue weighted by molar-refractivity contribution is 14.1. The summed E-state index contributed by atoms with van der Waals surface area (Å²) >= 11 is 2.35. The number of aryl methyl sites for hydroxylation is 1. The van der Waals surface area contributed by atoms with E-state index >= 15 is 0 Å². The number of rotatable bonds is 4. The Labute approximate surface area is 113 Å². The minimum absolute atomic E-state index is 0.978. The number of halogens is 1. The average molecular weight is 346 g/mol. The molecule has 1 nitrogen and oxygen atoms in total. The maximum atomic E-state index is 6.10. The van der Waals surface area contributed by atoms with Crippen molar-refractivity contribution >= 4 is 36.7 Å². The van der Waals surface area contributed by atoms with Crippen LogP contribution in [-0.4, -0.2) is 12.7 Å². The van der Waals surface area contributed by atoms with E-state index in [0.717, 1.165) is 10.2 Å². The molecule has 3 heteroatoms. The monoisotopic (exact) mass is 346 g/mol. The summed E-state index contributed by atoms with van der Waals surface area (Å²) in [5, 5.41) is 0. The SMILES string of the molecule is Cc1ccc(C(=CCI)O[Si](C)(C)C)cc1. The van der Waals surface area contributed by atoms with Gasteiger partial charge in [-0.25, -0.2) is 0 Å². The van der Waals surface area contributed by atoms with Crippen LogP contribution in [0.1, 0.15) is 11.1 Å². The smallest absolute Gasteiger partial charge is 0.242 e. The average Bonchev–Trinajstić information content (AvgIpc) is 2.16. The van der Waals surface area contributed by atoms with Crippen LogP contribution in [0.15, 0.2) is 30.3 Å². The van der Waals surface area contributed by atoms with Gasteiger partial charge in [0.25, 0.3) is 0 Å². The molecule has 0 saturated carbocycles. The quantitative estimate of drug-likeness (QED) is 0.334. The number of allylic oxidation sites excluding steroid dienone is 1. The zero-order valence-corrected chi connectivity index (χ0v) is 13.5. The van der Waals surface area contributed by atoms with Gasteiger partial charge in [0, 0.05) is 9.99 Å². The van der Waals surface area contributed by atoms with E-state index in [1.54, 1.807) is 0 Å². The minimum atomic E-state index is -1.53. The van der Waals surface area contributed by atoms with Gasteiger partial charge in [-0.1, -0.05) is 52.4 Å². The highest BCUT2D eigenvalue weighted by Gasteiger charge is 2.18. The molecule has 0 aromatic heterocycles. The van der Waals surface area contributed by atoms with E-state index in [4.69, 9.17) is 4.43 Å². The van der Waals surface area contributed by atoms with Gasteiger partial charge in [-0.15, -0.1) is 0 Å². The number of alkyl halides is 1. The molecule has 0 bridgehead atoms. The maximum Gasteiger partial charge on any atom is 0.242 e. The van der Waals surface area contributed by atoms with Gasteiger partial charge in [-0.3, -0.25) is 0 Å². The minimum Gasteiger partial charge on any atom is -0.544 e. The van der Waals surface area contributed by atoms with Gasteiger partial charge in [0.1, 0.15) is 5.76 Å². The van der Waals surface area contributed by atoms with E-state index in [2.05, 4.69) is 79.5 Å². The molecular formula is C13H19IOSi. The third-order valence-corrected chi connectivity index (χ3v) is 3.29. The van der Waals surface area contributed by atoms with E-state index in [0.29, 0.717) is 0 Å². The summed E-state index contributed by atoms with van der Waals surface area (Å²) in [6, 6.07) is 8.52. The van der Waals surface area contributed by atoms with Gasteiger partial charge in [0.2, 0.25) is 8.32 Å². The highest BCUT2D eigenvalue weighted by atomic mass is 127. The van der Waals surface area contributed by atoms with Crippen molar-refractivity contribution in [3.8, 4) is 0 Å². The standard InChI is InChI=1S/C13H19IOSi/c1-11-5-7-12(8-6-11)13(9-10-14)15-16(2,3)4/h5-9H,10H2,1-4H3. The second-order valence-corrected chi connectivity index (χ2v) is 10.1. The third kappa shape index (κ3) is 4.70. The highest BCUT2D eigenvalue weighted by Crippen LogP contribution is 2.21. The Balaban J connectivity index is 2.95. The van der Waals surface area contributed by atoms with Crippen molar-refractivity contribution in [3.05, 3.63) is 41.5 Å². The first-order valence-corrected chi connectivity index (χ1v) is 10.4. The Bertz CT molecular complexity index is 363. The Morgan fingerprint density at radius 1 is 1.25 bits per heavy atom. The van der Waals surface area contributed by atoms with E-state index in [1.165, 1.54) is 11.1 Å². The van der Waals surface area contributed by atoms with Crippen molar-refractivity contribution in [1.29, 1.82) is 0 Å². The summed E-state index contributed by atoms with van der Waals surface area (Å²) < 4.78 is 7.08. The first-order valence-electron chi connectivity index (χ1n) is 5.44. The van der Waals surface area contributed by atoms with Gasteiger partial charge in [0.15, 0.2) is 0 Å². The molecule has 0 N–H and O–H groups in total. The van der Waals surface area contributed by atoms with Gasteiger partial charge in [0.05, 0.1) is 0 Å². The van der Waals surface area contributed by atoms with Crippen LogP contribution < -0.4 is 0 Å². The van der Waals surface area contributed by atoms with Crippen molar-refractivity contribution in [2.45, 2.75) is 26.6 Å². The Kier molecular flexibility index (Phi) is 5.05. The molecule has 0 spiro atoms. The fourth-order valence-corrected chi connectivity index (χ4v) is 2.60. The van der Waals surface area contributed by atoms with Gasteiger partial charge >= 0.3 is 0 Å². The lowest BCUT2D eigenvalue weighted by atomic mass is 10.1. The predicted molar refractivity (Wildman–Crippen MR) is 82.5 cm³/mol. The Hall–Kier alpha value is -0.293. The molecule has 0 atom stereocenters. The lowest BCUT2D eigenvalue weighted by Crippen LogP contribution is -2.24. The zero-order chi connectivity index (χ0) is 12.2. The topological polar surface area (TPSA) is 9.23 Å². The van der Waals surface area contributed by atoms with E-state index < -0.39 is 8.32 Å². The second kappa shape index (κ2) is 5.86. The number of hydrogen-bond donors (Lipinski definition) is 0. The van der Waals surface area contributed by atoms with Gasteiger partial charge in [-0.05, 0) is 32.6 Å². The molecule has 88 valence electrons. The van der Waals surface area contributed by atoms with E-state index in [-0.39, 0.29) is 0 Å². The van der Waals surface area contributed by atoms with Crippen LogP contribution in [0.25, 0.3) is 5.76 Å². The van der Waals surface area contributed by atoms with Crippen molar-refractivity contribution in [2.24, 2.45) is 0 Å². The van der Waals surface area contributed by atoms with Crippen LogP contribution in [0.5, 0.6) is 0 Å². The summed E-state index contributed by atoms with van der Waals surface area (Å²) in [7, 11) is -1.53. The molecule has 0 amide bonds. The molecule has 0 heterocycles. The molecule has 0 aliphatic heterocycles. The lowest BCUT2D eigenvalue weighted by Gasteiger charge is -2.22. The predicted octanol–water partition coefficient (Wildman–Crippen LogP) is 4.62. The molecule has 1 aromatic rings. The molecule has 16 heavy (non-hydrogen) atoms. The molecule has 1 aromatic carbocycles. The number of benzene rings is 1. The fourth-order valence-electron chi connectivity index (χ4n) is 1.34. The van der Waals surface area contributed by atoms with Crippen LogP contribution in [0.2, 0.25) is 19.6 Å². The first kappa shape index (κ1) is 13.8. The van der Waals surface area contributed by atoms with Gasteiger partial charge < -0.3 is 4.43 Å². The molecule has 0 saturated heterocycles. The maximum absolute atomic E-state index is 6.10. The van der Waals surface area contributed by atoms with Crippen LogP contribution in [0.4, 0.5) is 0 Å². The van der Waals surface area contributed by atoms with Crippen molar-refractivity contribution in [1.82, 2.24) is 0 Å². The summed E-state index contributed by atoms with van der Waals surface area (Å²) in [6.45, 7) is 8.73. The van der Waals surface area contributed by atoms with Crippen LogP contribution in [0.3, 0.4) is 0 Å². The summed E-state index contributed by atoms with van der Waals surface area (Å²) in [5.74, 6) is 1.04. The third-order valence-electron chi connectivity index (χ3n) is 2.01. The van der Waals surface area contributed by atoms with Gasteiger partial charge in [-0.2, -0.15) is 0 Å². The van der Waals surface area contributed by atoms with Crippen molar-refractivity contribution in [3.63, 3.8) is 0 Å². The van der Waals surface area contributed by atoms with E-state index in [9.17, 15) is 0 Å². The van der Waals surface area contributed by atoms with Crippen LogP contribution >= 0.6 is 22.6 Å². The van der Waals surface area contributed by atoms with Crippen molar-refractivity contribution in [2.75, 3.05) is 4.43 Å². The molecule has 0 aliphatic rings.